The molecule has 3 aliphatic rings. The Hall–Kier alpha value is -2.18. The number of fused-ring (bicyclic) bond motifs is 1. The Balaban J connectivity index is 1.56. The van der Waals surface area contributed by atoms with Crippen LogP contribution >= 0.6 is 0 Å². The Morgan fingerprint density at radius 2 is 1.80 bits per heavy atom. The number of carbonyl (C=O) groups is 2. The molecule has 7 nitrogen and oxygen atoms in total. The first-order chi connectivity index (χ1) is 14.6. The Bertz CT molecular complexity index is 773. The van der Waals surface area contributed by atoms with Crippen molar-refractivity contribution in [3.63, 3.8) is 0 Å². The van der Waals surface area contributed by atoms with Crippen molar-refractivity contribution in [2.45, 2.75) is 83.7 Å². The number of carbonyl (C=O) groups excluding carboxylic acids is 2. The maximum atomic E-state index is 13.2. The number of hydrogen-bond donors (Lipinski definition) is 1. The third-order valence-corrected chi connectivity index (χ3v) is 7.07. The molecule has 2 amide bonds. The van der Waals surface area contributed by atoms with Crippen molar-refractivity contribution < 1.29 is 9.59 Å². The molecule has 0 spiro atoms. The average Bonchev–Trinajstić information content (AvgIpc) is 2.78. The summed E-state index contributed by atoms with van der Waals surface area (Å²) in [6.07, 6.45) is 10.7. The van der Waals surface area contributed by atoms with Gasteiger partial charge in [0.25, 0.3) is 0 Å². The van der Waals surface area contributed by atoms with Crippen molar-refractivity contribution in [2.24, 2.45) is 5.92 Å². The molecule has 0 radical (unpaired) electrons. The molecular weight excluding hydrogens is 378 g/mol. The summed E-state index contributed by atoms with van der Waals surface area (Å²) in [4.78, 5) is 38.7. The number of hydrogen-bond acceptors (Lipinski definition) is 5. The van der Waals surface area contributed by atoms with Crippen LogP contribution in [-0.2, 0) is 22.6 Å². The van der Waals surface area contributed by atoms with Crippen LogP contribution in [-0.4, -0.2) is 51.7 Å². The highest BCUT2D eigenvalue weighted by Gasteiger charge is 2.33. The maximum Gasteiger partial charge on any atom is 0.223 e. The van der Waals surface area contributed by atoms with Crippen molar-refractivity contribution in [1.82, 2.24) is 19.8 Å². The fourth-order valence-electron chi connectivity index (χ4n) is 5.31. The van der Waals surface area contributed by atoms with Crippen molar-refractivity contribution in [3.8, 4) is 0 Å². The van der Waals surface area contributed by atoms with Gasteiger partial charge in [-0.1, -0.05) is 19.3 Å². The molecule has 2 aliphatic heterocycles. The highest BCUT2D eigenvalue weighted by atomic mass is 16.2. The van der Waals surface area contributed by atoms with E-state index in [1.807, 2.05) is 11.9 Å². The SMILES string of the molecule is CNc1nc([C@H]2CCCCN2C(=O)CC2CCCCC2)nc2c1CN(C(C)=O)CC2. The molecule has 3 heterocycles. The van der Waals surface area contributed by atoms with Gasteiger partial charge in [-0.05, 0) is 38.0 Å². The largest absolute Gasteiger partial charge is 0.373 e. The lowest BCUT2D eigenvalue weighted by Gasteiger charge is -2.37. The molecule has 0 unspecified atom stereocenters. The van der Waals surface area contributed by atoms with Crippen LogP contribution < -0.4 is 5.32 Å². The van der Waals surface area contributed by atoms with Crippen LogP contribution in [0.15, 0.2) is 0 Å². The predicted octanol–water partition coefficient (Wildman–Crippen LogP) is 3.45. The zero-order valence-electron chi connectivity index (χ0n) is 18.5. The Morgan fingerprint density at radius 3 is 2.53 bits per heavy atom. The van der Waals surface area contributed by atoms with E-state index in [2.05, 4.69) is 10.2 Å². The quantitative estimate of drug-likeness (QED) is 0.818. The van der Waals surface area contributed by atoms with E-state index < -0.39 is 0 Å². The lowest BCUT2D eigenvalue weighted by atomic mass is 9.86. The number of nitrogens with one attached hydrogen (secondary N) is 1. The van der Waals surface area contributed by atoms with Gasteiger partial charge in [0.15, 0.2) is 5.82 Å². The molecule has 7 heteroatoms. The molecule has 1 N–H and O–H groups in total. The number of likely N-dealkylation sites (tertiary alicyclic amines) is 1. The van der Waals surface area contributed by atoms with E-state index in [-0.39, 0.29) is 17.9 Å². The van der Waals surface area contributed by atoms with Crippen LogP contribution in [0.25, 0.3) is 0 Å². The lowest BCUT2D eigenvalue weighted by molar-refractivity contribution is -0.136. The molecular formula is C23H35N5O2. The molecule has 0 aromatic carbocycles. The van der Waals surface area contributed by atoms with Gasteiger partial charge in [0.05, 0.1) is 18.3 Å². The minimum absolute atomic E-state index is 0.0296. The molecule has 1 aromatic rings. The first-order valence-corrected chi connectivity index (χ1v) is 11.7. The van der Waals surface area contributed by atoms with Crippen LogP contribution in [0.5, 0.6) is 0 Å². The number of piperidine rings is 1. The second-order valence-electron chi connectivity index (χ2n) is 9.10. The van der Waals surface area contributed by atoms with Crippen LogP contribution in [0, 0.1) is 5.92 Å². The molecule has 1 saturated heterocycles. The monoisotopic (exact) mass is 413 g/mol. The third kappa shape index (κ3) is 4.44. The zero-order chi connectivity index (χ0) is 21.1. The number of aromatic nitrogens is 2. The summed E-state index contributed by atoms with van der Waals surface area (Å²) >= 11 is 0. The van der Waals surface area contributed by atoms with E-state index in [1.54, 1.807) is 6.92 Å². The summed E-state index contributed by atoms with van der Waals surface area (Å²) in [6, 6.07) is -0.0296. The van der Waals surface area contributed by atoms with Gasteiger partial charge in [0, 0.05) is 45.5 Å². The molecule has 0 bridgehead atoms. The van der Waals surface area contributed by atoms with Gasteiger partial charge in [-0.3, -0.25) is 9.59 Å². The highest BCUT2D eigenvalue weighted by Crippen LogP contribution is 2.34. The minimum atomic E-state index is -0.0296. The second-order valence-corrected chi connectivity index (χ2v) is 9.10. The summed E-state index contributed by atoms with van der Waals surface area (Å²) in [7, 11) is 1.87. The summed E-state index contributed by atoms with van der Waals surface area (Å²) in [5, 5.41) is 3.21. The second kappa shape index (κ2) is 9.31. The average molecular weight is 414 g/mol. The first kappa shape index (κ1) is 21.1. The topological polar surface area (TPSA) is 78.4 Å². The standard InChI is InChI=1S/C23H35N5O2/c1-16(29)27-13-11-19-18(15-27)22(24-2)26-23(25-19)20-10-6-7-12-28(20)21(30)14-17-8-4-3-5-9-17/h17,20H,3-15H2,1-2H3,(H,24,25,26)/t20-/m1/s1. The molecule has 30 heavy (non-hydrogen) atoms. The molecule has 164 valence electrons. The molecule has 1 saturated carbocycles. The minimum Gasteiger partial charge on any atom is -0.373 e. The maximum absolute atomic E-state index is 13.2. The van der Waals surface area contributed by atoms with Crippen molar-refractivity contribution in [1.29, 1.82) is 0 Å². The van der Waals surface area contributed by atoms with Gasteiger partial charge in [-0.15, -0.1) is 0 Å². The van der Waals surface area contributed by atoms with Gasteiger partial charge in [0.1, 0.15) is 5.82 Å². The van der Waals surface area contributed by atoms with E-state index in [0.29, 0.717) is 25.4 Å². The Morgan fingerprint density at radius 1 is 1.03 bits per heavy atom. The van der Waals surface area contributed by atoms with E-state index in [0.717, 1.165) is 55.1 Å². The lowest BCUT2D eigenvalue weighted by Crippen LogP contribution is -2.41. The number of nitrogens with zero attached hydrogens (tertiary/aromatic N) is 4. The Kier molecular flexibility index (Phi) is 6.54. The molecule has 2 fully saturated rings. The zero-order valence-corrected chi connectivity index (χ0v) is 18.5. The van der Waals surface area contributed by atoms with Gasteiger partial charge in [-0.2, -0.15) is 0 Å². The van der Waals surface area contributed by atoms with E-state index in [1.165, 1.54) is 32.1 Å². The number of amides is 2. The van der Waals surface area contributed by atoms with Gasteiger partial charge >= 0.3 is 0 Å². The summed E-state index contributed by atoms with van der Waals surface area (Å²) in [6.45, 7) is 3.66. The molecule has 1 atom stereocenters. The van der Waals surface area contributed by atoms with Crippen molar-refractivity contribution >= 4 is 17.6 Å². The van der Waals surface area contributed by atoms with Gasteiger partial charge in [0.2, 0.25) is 11.8 Å². The van der Waals surface area contributed by atoms with Gasteiger partial charge < -0.3 is 15.1 Å². The van der Waals surface area contributed by atoms with E-state index in [9.17, 15) is 9.59 Å². The third-order valence-electron chi connectivity index (χ3n) is 7.07. The fourth-order valence-corrected chi connectivity index (χ4v) is 5.31. The van der Waals surface area contributed by atoms with E-state index in [4.69, 9.17) is 9.97 Å². The first-order valence-electron chi connectivity index (χ1n) is 11.7. The Labute approximate surface area is 179 Å². The summed E-state index contributed by atoms with van der Waals surface area (Å²) in [5.74, 6) is 2.47. The number of anilines is 1. The van der Waals surface area contributed by atoms with Crippen LogP contribution in [0.4, 0.5) is 5.82 Å². The van der Waals surface area contributed by atoms with Crippen LogP contribution in [0.2, 0.25) is 0 Å². The molecule has 1 aliphatic carbocycles. The smallest absolute Gasteiger partial charge is 0.223 e. The van der Waals surface area contributed by atoms with Crippen LogP contribution in [0.3, 0.4) is 0 Å². The van der Waals surface area contributed by atoms with E-state index >= 15 is 0 Å². The van der Waals surface area contributed by atoms with Crippen molar-refractivity contribution in [2.75, 3.05) is 25.5 Å². The van der Waals surface area contributed by atoms with Crippen molar-refractivity contribution in [3.05, 3.63) is 17.1 Å². The predicted molar refractivity (Wildman–Crippen MR) is 116 cm³/mol. The fraction of sp³-hybridized carbons (Fsp3) is 0.739. The van der Waals surface area contributed by atoms with Crippen LogP contribution in [0.1, 0.15) is 87.8 Å². The number of rotatable bonds is 4. The summed E-state index contributed by atoms with van der Waals surface area (Å²) in [5.41, 5.74) is 2.03. The summed E-state index contributed by atoms with van der Waals surface area (Å²) < 4.78 is 0. The molecule has 1 aromatic heterocycles. The highest BCUT2D eigenvalue weighted by molar-refractivity contribution is 5.77. The normalized spacial score (nSPS) is 22.5. The van der Waals surface area contributed by atoms with Gasteiger partial charge in [-0.25, -0.2) is 9.97 Å². The molecule has 4 rings (SSSR count).